The van der Waals surface area contributed by atoms with Crippen molar-refractivity contribution in [3.8, 4) is 0 Å². The molecule has 2 saturated heterocycles. The number of nitrogens with zero attached hydrogens (tertiary/aromatic N) is 2. The maximum absolute atomic E-state index is 12.4. The third-order valence-electron chi connectivity index (χ3n) is 5.02. The van der Waals surface area contributed by atoms with E-state index in [0.717, 1.165) is 56.8 Å². The van der Waals surface area contributed by atoms with Crippen LogP contribution in [0.4, 0.5) is 5.69 Å². The van der Waals surface area contributed by atoms with E-state index in [1.54, 1.807) is 0 Å². The molecule has 0 bridgehead atoms. The van der Waals surface area contributed by atoms with Gasteiger partial charge in [0.1, 0.15) is 0 Å². The molecule has 0 radical (unpaired) electrons. The van der Waals surface area contributed by atoms with Gasteiger partial charge in [-0.25, -0.2) is 0 Å². The molecule has 0 aliphatic carbocycles. The van der Waals surface area contributed by atoms with E-state index in [4.69, 9.17) is 0 Å². The maximum atomic E-state index is 12.4. The van der Waals surface area contributed by atoms with Crippen LogP contribution >= 0.6 is 0 Å². The van der Waals surface area contributed by atoms with Gasteiger partial charge in [-0.15, -0.1) is 0 Å². The maximum Gasteiger partial charge on any atom is 0.227 e. The van der Waals surface area contributed by atoms with Crippen LogP contribution < -0.4 is 10.6 Å². The summed E-state index contributed by atoms with van der Waals surface area (Å²) in [6.45, 7) is 4.44. The summed E-state index contributed by atoms with van der Waals surface area (Å²) < 4.78 is 0. The molecule has 1 atom stereocenters. The van der Waals surface area contributed by atoms with Gasteiger partial charge in [0.15, 0.2) is 0 Å². The largest absolute Gasteiger partial charge is 0.340 e. The number of carbonyl (C=O) groups excluding carboxylic acids is 2. The number of nitrogens with one attached hydrogen (secondary N) is 2. The second-order valence-corrected chi connectivity index (χ2v) is 7.11. The standard InChI is InChI=1S/C19H28N4O2/c1-22-8-10-23(11-9-22)19(25)13-15-4-2-5-17(12-15)21-18(24)14-16-6-3-7-20-16/h2,4-5,12,16,20H,3,6-11,13-14H2,1H3,(H,21,24). The second kappa shape index (κ2) is 8.45. The quantitative estimate of drug-likeness (QED) is 0.839. The summed E-state index contributed by atoms with van der Waals surface area (Å²) in [6, 6.07) is 7.93. The molecule has 2 fully saturated rings. The highest BCUT2D eigenvalue weighted by Gasteiger charge is 2.20. The highest BCUT2D eigenvalue weighted by molar-refractivity contribution is 5.91. The van der Waals surface area contributed by atoms with Crippen molar-refractivity contribution >= 4 is 17.5 Å². The summed E-state index contributed by atoms with van der Waals surface area (Å²) in [5.41, 5.74) is 1.72. The molecule has 1 aromatic carbocycles. The molecule has 0 saturated carbocycles. The number of benzene rings is 1. The highest BCUT2D eigenvalue weighted by atomic mass is 16.2. The summed E-state index contributed by atoms with van der Waals surface area (Å²) >= 11 is 0. The van der Waals surface area contributed by atoms with Crippen molar-refractivity contribution < 1.29 is 9.59 Å². The van der Waals surface area contributed by atoms with Crippen LogP contribution in [-0.2, 0) is 16.0 Å². The van der Waals surface area contributed by atoms with Gasteiger partial charge < -0.3 is 20.4 Å². The van der Waals surface area contributed by atoms with E-state index >= 15 is 0 Å². The van der Waals surface area contributed by atoms with E-state index in [2.05, 4.69) is 22.6 Å². The molecule has 25 heavy (non-hydrogen) atoms. The van der Waals surface area contributed by atoms with Crippen LogP contribution in [0.25, 0.3) is 0 Å². The van der Waals surface area contributed by atoms with Crippen LogP contribution in [0.2, 0.25) is 0 Å². The minimum atomic E-state index is 0.0296. The van der Waals surface area contributed by atoms with E-state index in [1.807, 2.05) is 29.2 Å². The van der Waals surface area contributed by atoms with Gasteiger partial charge in [0, 0.05) is 44.3 Å². The average Bonchev–Trinajstić information content (AvgIpc) is 3.08. The van der Waals surface area contributed by atoms with Gasteiger partial charge >= 0.3 is 0 Å². The van der Waals surface area contributed by atoms with Gasteiger partial charge in [-0.05, 0) is 44.1 Å². The number of carbonyl (C=O) groups is 2. The molecule has 2 aliphatic heterocycles. The summed E-state index contributed by atoms with van der Waals surface area (Å²) in [7, 11) is 2.08. The van der Waals surface area contributed by atoms with E-state index in [9.17, 15) is 9.59 Å². The fourth-order valence-corrected chi connectivity index (χ4v) is 3.47. The molecule has 0 spiro atoms. The molecule has 2 heterocycles. The molecule has 6 heteroatoms. The number of rotatable bonds is 5. The Kier molecular flexibility index (Phi) is 6.04. The molecule has 0 aromatic heterocycles. The van der Waals surface area contributed by atoms with Crippen molar-refractivity contribution in [1.29, 1.82) is 0 Å². The summed E-state index contributed by atoms with van der Waals surface area (Å²) in [5, 5.41) is 6.29. The van der Waals surface area contributed by atoms with Gasteiger partial charge in [-0.1, -0.05) is 12.1 Å². The van der Waals surface area contributed by atoms with Crippen molar-refractivity contribution in [2.45, 2.75) is 31.7 Å². The normalized spacial score (nSPS) is 21.3. The Balaban J connectivity index is 1.52. The van der Waals surface area contributed by atoms with E-state index in [1.165, 1.54) is 0 Å². The molecule has 2 amide bonds. The summed E-state index contributed by atoms with van der Waals surface area (Å²) in [4.78, 5) is 28.8. The number of piperazine rings is 1. The molecule has 3 rings (SSSR count). The van der Waals surface area contributed by atoms with Crippen LogP contribution in [-0.4, -0.2) is 67.4 Å². The number of amides is 2. The Morgan fingerprint density at radius 3 is 2.76 bits per heavy atom. The molecule has 6 nitrogen and oxygen atoms in total. The average molecular weight is 344 g/mol. The van der Waals surface area contributed by atoms with Gasteiger partial charge in [-0.2, -0.15) is 0 Å². The van der Waals surface area contributed by atoms with Gasteiger partial charge in [0.25, 0.3) is 0 Å². The Morgan fingerprint density at radius 1 is 1.24 bits per heavy atom. The summed E-state index contributed by atoms with van der Waals surface area (Å²) in [5.74, 6) is 0.189. The van der Waals surface area contributed by atoms with Crippen LogP contribution in [0.5, 0.6) is 0 Å². The SMILES string of the molecule is CN1CCN(C(=O)Cc2cccc(NC(=O)CC3CCCN3)c2)CC1. The molecule has 136 valence electrons. The third-order valence-corrected chi connectivity index (χ3v) is 5.02. The number of hydrogen-bond acceptors (Lipinski definition) is 4. The zero-order chi connectivity index (χ0) is 17.6. The van der Waals surface area contributed by atoms with Crippen molar-refractivity contribution in [2.24, 2.45) is 0 Å². The first-order chi connectivity index (χ1) is 12.1. The first-order valence-electron chi connectivity index (χ1n) is 9.18. The minimum Gasteiger partial charge on any atom is -0.340 e. The third kappa shape index (κ3) is 5.28. The van der Waals surface area contributed by atoms with Crippen LogP contribution in [0.3, 0.4) is 0 Å². The Morgan fingerprint density at radius 2 is 2.04 bits per heavy atom. The summed E-state index contributed by atoms with van der Waals surface area (Å²) in [6.07, 6.45) is 3.09. The lowest BCUT2D eigenvalue weighted by molar-refractivity contribution is -0.132. The number of likely N-dealkylation sites (N-methyl/N-ethyl adjacent to an activating group) is 1. The first-order valence-corrected chi connectivity index (χ1v) is 9.18. The molecule has 2 N–H and O–H groups in total. The Hall–Kier alpha value is -1.92. The molecule has 1 aromatic rings. The lowest BCUT2D eigenvalue weighted by Crippen LogP contribution is -2.47. The first kappa shape index (κ1) is 17.9. The highest BCUT2D eigenvalue weighted by Crippen LogP contribution is 2.15. The van der Waals surface area contributed by atoms with Crippen molar-refractivity contribution in [1.82, 2.24) is 15.1 Å². The van der Waals surface area contributed by atoms with E-state index in [0.29, 0.717) is 18.9 Å². The monoisotopic (exact) mass is 344 g/mol. The van der Waals surface area contributed by atoms with Crippen LogP contribution in [0, 0.1) is 0 Å². The van der Waals surface area contributed by atoms with Crippen LogP contribution in [0.15, 0.2) is 24.3 Å². The van der Waals surface area contributed by atoms with E-state index < -0.39 is 0 Å². The molecule has 2 aliphatic rings. The second-order valence-electron chi connectivity index (χ2n) is 7.11. The topological polar surface area (TPSA) is 64.7 Å². The fourth-order valence-electron chi connectivity index (χ4n) is 3.47. The Labute approximate surface area is 149 Å². The van der Waals surface area contributed by atoms with E-state index in [-0.39, 0.29) is 11.8 Å². The van der Waals surface area contributed by atoms with Crippen molar-refractivity contribution in [3.05, 3.63) is 29.8 Å². The van der Waals surface area contributed by atoms with Crippen molar-refractivity contribution in [2.75, 3.05) is 45.1 Å². The smallest absolute Gasteiger partial charge is 0.227 e. The fraction of sp³-hybridized carbons (Fsp3) is 0.579. The Bertz CT molecular complexity index is 605. The zero-order valence-corrected chi connectivity index (χ0v) is 15.0. The number of hydrogen-bond donors (Lipinski definition) is 2. The van der Waals surface area contributed by atoms with Gasteiger partial charge in [0.2, 0.25) is 11.8 Å². The van der Waals surface area contributed by atoms with Crippen LogP contribution in [0.1, 0.15) is 24.8 Å². The molecular weight excluding hydrogens is 316 g/mol. The van der Waals surface area contributed by atoms with Gasteiger partial charge in [-0.3, -0.25) is 9.59 Å². The van der Waals surface area contributed by atoms with Crippen molar-refractivity contribution in [3.63, 3.8) is 0 Å². The lowest BCUT2D eigenvalue weighted by Gasteiger charge is -2.32. The molecule has 1 unspecified atom stereocenters. The minimum absolute atomic E-state index is 0.0296. The number of anilines is 1. The van der Waals surface area contributed by atoms with Gasteiger partial charge in [0.05, 0.1) is 6.42 Å². The lowest BCUT2D eigenvalue weighted by atomic mass is 10.1. The zero-order valence-electron chi connectivity index (χ0n) is 15.0. The predicted molar refractivity (Wildman–Crippen MR) is 98.5 cm³/mol. The molecular formula is C19H28N4O2. The predicted octanol–water partition coefficient (Wildman–Crippen LogP) is 1.08.